The fourth-order valence-electron chi connectivity index (χ4n) is 5.39. The molecule has 2 aromatic carbocycles. The van der Waals surface area contributed by atoms with Crippen LogP contribution in [0.25, 0.3) is 0 Å². The summed E-state index contributed by atoms with van der Waals surface area (Å²) in [5.74, 6) is -5.09. The first-order valence-electron chi connectivity index (χ1n) is 12.2. The number of methoxy groups -OCH3 is 1. The Morgan fingerprint density at radius 2 is 1.89 bits per heavy atom. The van der Waals surface area contributed by atoms with E-state index in [2.05, 4.69) is 0 Å². The predicted molar refractivity (Wildman–Crippen MR) is 138 cm³/mol. The van der Waals surface area contributed by atoms with Gasteiger partial charge in [-0.25, -0.2) is 8.78 Å². The molecule has 2 heterocycles. The lowest BCUT2D eigenvalue weighted by atomic mass is 9.69. The number of Topliss-reactive ketones (excluding diaryl/α,β-unsaturated/α-hetero) is 1. The maximum atomic E-state index is 15.0. The Balaban J connectivity index is 1.74. The van der Waals surface area contributed by atoms with Gasteiger partial charge < -0.3 is 9.47 Å². The molecule has 0 bridgehead atoms. The number of benzene rings is 2. The Labute approximate surface area is 222 Å². The predicted octanol–water partition coefficient (Wildman–Crippen LogP) is 5.75. The van der Waals surface area contributed by atoms with E-state index in [0.29, 0.717) is 23.1 Å². The molecular weight excluding hydrogens is 512 g/mol. The summed E-state index contributed by atoms with van der Waals surface area (Å²) in [4.78, 5) is 43.0. The number of carbonyl (C=O) groups is 3. The first-order valence-corrected chi connectivity index (χ1v) is 13.1. The zero-order chi connectivity index (χ0) is 27.0. The summed E-state index contributed by atoms with van der Waals surface area (Å²) in [5, 5.41) is 1.84. The summed E-state index contributed by atoms with van der Waals surface area (Å²) in [6, 6.07) is 13.7. The molecule has 0 fully saturated rings. The molecule has 5 rings (SSSR count). The van der Waals surface area contributed by atoms with E-state index >= 15 is 4.39 Å². The van der Waals surface area contributed by atoms with Crippen molar-refractivity contribution in [2.24, 2.45) is 5.92 Å². The number of esters is 1. The van der Waals surface area contributed by atoms with E-state index in [1.54, 1.807) is 31.2 Å². The normalized spacial score (nSPS) is 21.4. The molecule has 1 aliphatic heterocycles. The van der Waals surface area contributed by atoms with Crippen LogP contribution in [0.5, 0.6) is 5.75 Å². The molecule has 0 saturated carbocycles. The van der Waals surface area contributed by atoms with Gasteiger partial charge in [0.15, 0.2) is 5.78 Å². The zero-order valence-corrected chi connectivity index (χ0v) is 21.6. The van der Waals surface area contributed by atoms with E-state index in [9.17, 15) is 18.8 Å². The molecule has 6 nitrogen and oxygen atoms in total. The van der Waals surface area contributed by atoms with Crippen LogP contribution in [0, 0.1) is 17.6 Å². The molecule has 2 aliphatic rings. The van der Waals surface area contributed by atoms with Crippen molar-refractivity contribution in [3.05, 3.63) is 93.3 Å². The highest BCUT2D eigenvalue weighted by Crippen LogP contribution is 2.50. The summed E-state index contributed by atoms with van der Waals surface area (Å²) in [7, 11) is 1.52. The van der Waals surface area contributed by atoms with Gasteiger partial charge >= 0.3 is 5.97 Å². The number of ether oxygens (including phenoxy) is 2. The molecule has 38 heavy (non-hydrogen) atoms. The van der Waals surface area contributed by atoms with Gasteiger partial charge in [0.1, 0.15) is 23.3 Å². The lowest BCUT2D eigenvalue weighted by molar-refractivity contribution is -0.152. The topological polar surface area (TPSA) is 72.9 Å². The number of carbonyl (C=O) groups excluding carboxylic acids is 3. The molecule has 0 unspecified atom stereocenters. The molecule has 1 amide bonds. The number of rotatable bonds is 6. The molecular formula is C29H25F2NO5S. The van der Waals surface area contributed by atoms with E-state index in [1.165, 1.54) is 29.4 Å². The minimum absolute atomic E-state index is 0.108. The maximum absolute atomic E-state index is 15.0. The van der Waals surface area contributed by atoms with E-state index in [4.69, 9.17) is 9.47 Å². The Kier molecular flexibility index (Phi) is 7.12. The van der Waals surface area contributed by atoms with Crippen LogP contribution in [0.4, 0.5) is 14.5 Å². The van der Waals surface area contributed by atoms with Gasteiger partial charge in [-0.1, -0.05) is 18.2 Å². The Bertz CT molecular complexity index is 1430. The summed E-state index contributed by atoms with van der Waals surface area (Å²) < 4.78 is 39.5. The van der Waals surface area contributed by atoms with Gasteiger partial charge in [0, 0.05) is 40.5 Å². The van der Waals surface area contributed by atoms with Gasteiger partial charge in [-0.2, -0.15) is 0 Å². The lowest BCUT2D eigenvalue weighted by Gasteiger charge is -2.42. The summed E-state index contributed by atoms with van der Waals surface area (Å²) in [6.45, 7) is 1.78. The fraction of sp³-hybridized carbons (Fsp3) is 0.276. The van der Waals surface area contributed by atoms with E-state index in [1.807, 2.05) is 17.5 Å². The first-order chi connectivity index (χ1) is 18.3. The van der Waals surface area contributed by atoms with Crippen molar-refractivity contribution in [3.8, 4) is 5.75 Å². The number of allylic oxidation sites excluding steroid dienone is 2. The van der Waals surface area contributed by atoms with Crippen LogP contribution < -0.4 is 9.64 Å². The number of amides is 1. The average molecular weight is 538 g/mol. The standard InChI is InChI=1S/C29H25F2NO5S/c1-3-37-29(35)27-20(24-8-5-11-38-24)14-23-26(28(27)34)19(16-6-4-7-18(12-16)36-2)15-25(33)32(23)22-10-9-17(30)13-21(22)31/h4-13,19-20,27H,3,14-15H2,1-2H3/t19-,20-,27+/m0/s1. The summed E-state index contributed by atoms with van der Waals surface area (Å²) >= 11 is 1.39. The number of hydrogen-bond acceptors (Lipinski definition) is 6. The number of thiophene rings is 1. The molecule has 9 heteroatoms. The number of halogens is 2. The average Bonchev–Trinajstić information content (AvgIpc) is 3.44. The van der Waals surface area contributed by atoms with E-state index < -0.39 is 47.0 Å². The van der Waals surface area contributed by atoms with Gasteiger partial charge in [-0.05, 0) is 54.6 Å². The largest absolute Gasteiger partial charge is 0.497 e. The van der Waals surface area contributed by atoms with Crippen molar-refractivity contribution in [3.63, 3.8) is 0 Å². The maximum Gasteiger partial charge on any atom is 0.317 e. The number of ketones is 1. The summed E-state index contributed by atoms with van der Waals surface area (Å²) in [6.07, 6.45) is -0.0259. The third kappa shape index (κ3) is 4.51. The van der Waals surface area contributed by atoms with Crippen molar-refractivity contribution >= 4 is 34.7 Å². The third-order valence-electron chi connectivity index (χ3n) is 7.02. The van der Waals surface area contributed by atoms with Gasteiger partial charge in [-0.3, -0.25) is 19.3 Å². The molecule has 0 spiro atoms. The van der Waals surface area contributed by atoms with Gasteiger partial charge in [-0.15, -0.1) is 11.3 Å². The summed E-state index contributed by atoms with van der Waals surface area (Å²) in [5.41, 5.74) is 1.09. The number of nitrogens with zero attached hydrogens (tertiary/aromatic N) is 1. The van der Waals surface area contributed by atoms with Crippen molar-refractivity contribution in [1.29, 1.82) is 0 Å². The molecule has 3 aromatic rings. The fourth-order valence-corrected chi connectivity index (χ4v) is 6.25. The van der Waals surface area contributed by atoms with Crippen LogP contribution in [0.2, 0.25) is 0 Å². The third-order valence-corrected chi connectivity index (χ3v) is 8.02. The molecule has 1 aromatic heterocycles. The van der Waals surface area contributed by atoms with Crippen molar-refractivity contribution in [2.75, 3.05) is 18.6 Å². The highest BCUT2D eigenvalue weighted by Gasteiger charge is 2.50. The molecule has 0 N–H and O–H groups in total. The second-order valence-electron chi connectivity index (χ2n) is 9.14. The van der Waals surface area contributed by atoms with Gasteiger partial charge in [0.2, 0.25) is 5.91 Å². The monoisotopic (exact) mass is 537 g/mol. The Hall–Kier alpha value is -3.85. The molecule has 3 atom stereocenters. The minimum atomic E-state index is -1.12. The van der Waals surface area contributed by atoms with Crippen LogP contribution >= 0.6 is 11.3 Å². The van der Waals surface area contributed by atoms with E-state index in [0.717, 1.165) is 10.9 Å². The van der Waals surface area contributed by atoms with Crippen LogP contribution in [0.15, 0.2) is 71.2 Å². The van der Waals surface area contributed by atoms with Gasteiger partial charge in [0.05, 0.1) is 19.4 Å². The SMILES string of the molecule is CCOC(=O)[C@H]1C(=O)C2=C(C[C@H]1c1cccs1)N(c1ccc(F)cc1F)C(=O)C[C@H]2c1cccc(OC)c1. The highest BCUT2D eigenvalue weighted by atomic mass is 32.1. The number of anilines is 1. The van der Waals surface area contributed by atoms with Crippen LogP contribution in [0.3, 0.4) is 0 Å². The second kappa shape index (κ2) is 10.5. The molecule has 1 aliphatic carbocycles. The van der Waals surface area contributed by atoms with Crippen molar-refractivity contribution in [1.82, 2.24) is 0 Å². The van der Waals surface area contributed by atoms with E-state index in [-0.39, 0.29) is 30.7 Å². The Morgan fingerprint density at radius 3 is 2.58 bits per heavy atom. The first kappa shape index (κ1) is 25.8. The Morgan fingerprint density at radius 1 is 1.08 bits per heavy atom. The van der Waals surface area contributed by atoms with Crippen LogP contribution in [-0.2, 0) is 19.1 Å². The van der Waals surface area contributed by atoms with Crippen LogP contribution in [-0.4, -0.2) is 31.4 Å². The minimum Gasteiger partial charge on any atom is -0.497 e. The molecule has 0 saturated heterocycles. The van der Waals surface area contributed by atoms with Crippen molar-refractivity contribution < 1.29 is 32.6 Å². The van der Waals surface area contributed by atoms with Crippen LogP contribution in [0.1, 0.15) is 42.0 Å². The lowest BCUT2D eigenvalue weighted by Crippen LogP contribution is -2.46. The molecule has 0 radical (unpaired) electrons. The second-order valence-corrected chi connectivity index (χ2v) is 10.1. The smallest absolute Gasteiger partial charge is 0.317 e. The van der Waals surface area contributed by atoms with Crippen molar-refractivity contribution in [2.45, 2.75) is 31.6 Å². The quantitative estimate of drug-likeness (QED) is 0.296. The molecule has 196 valence electrons. The number of hydrogen-bond donors (Lipinski definition) is 0. The highest BCUT2D eigenvalue weighted by molar-refractivity contribution is 7.10. The zero-order valence-electron chi connectivity index (χ0n) is 20.8. The van der Waals surface area contributed by atoms with Gasteiger partial charge in [0.25, 0.3) is 0 Å².